The molecule has 0 unspecified atom stereocenters. The monoisotopic (exact) mass is 367 g/mol. The highest BCUT2D eigenvalue weighted by molar-refractivity contribution is 5.85. The van der Waals surface area contributed by atoms with Crippen molar-refractivity contribution in [3.05, 3.63) is 63.7 Å². The highest BCUT2D eigenvalue weighted by Gasteiger charge is 2.23. The molecule has 2 atom stereocenters. The van der Waals surface area contributed by atoms with Gasteiger partial charge in [0.2, 0.25) is 0 Å². The maximum absolute atomic E-state index is 10.9. The van der Waals surface area contributed by atoms with Crippen LogP contribution < -0.4 is 0 Å². The highest BCUT2D eigenvalue weighted by atomic mass is 16.6. The van der Waals surface area contributed by atoms with Crippen LogP contribution in [-0.4, -0.2) is 39.6 Å². The summed E-state index contributed by atoms with van der Waals surface area (Å²) in [7, 11) is 0. The molecular weight excluding hydrogens is 346 g/mol. The normalized spacial score (nSPS) is 20.3. The number of rotatable bonds is 5. The average molecular weight is 367 g/mol. The number of aromatic hydroxyl groups is 2. The Hall–Kier alpha value is -3.22. The molecule has 3 rings (SSSR count). The molecule has 0 heterocycles. The summed E-state index contributed by atoms with van der Waals surface area (Å²) in [5.74, 6) is 0.132. The van der Waals surface area contributed by atoms with E-state index in [9.17, 15) is 20.3 Å². The number of hydrogen-bond acceptors (Lipinski definition) is 6. The van der Waals surface area contributed by atoms with Gasteiger partial charge in [0, 0.05) is 35.7 Å². The number of nitro benzene ring substituents is 1. The zero-order valence-corrected chi connectivity index (χ0v) is 14.7. The van der Waals surface area contributed by atoms with Gasteiger partial charge in [-0.2, -0.15) is 0 Å². The molecule has 27 heavy (non-hydrogen) atoms. The van der Waals surface area contributed by atoms with E-state index in [0.29, 0.717) is 11.1 Å². The number of nitrogens with zero attached hydrogens (tertiary/aromatic N) is 3. The number of aliphatic imine (C=N–C) groups is 2. The largest absolute Gasteiger partial charge is 0.507 e. The Morgan fingerprint density at radius 3 is 2.15 bits per heavy atom. The fourth-order valence-electron chi connectivity index (χ4n) is 3.15. The minimum Gasteiger partial charge on any atom is -0.507 e. The lowest BCUT2D eigenvalue weighted by atomic mass is 9.91. The number of para-hydroxylation sites is 1. The lowest BCUT2D eigenvalue weighted by Gasteiger charge is -2.25. The topological polar surface area (TPSA) is 108 Å². The minimum absolute atomic E-state index is 0.0320. The first kappa shape index (κ1) is 18.6. The molecule has 7 nitrogen and oxygen atoms in total. The van der Waals surface area contributed by atoms with Gasteiger partial charge < -0.3 is 10.2 Å². The first-order chi connectivity index (χ1) is 13.0. The van der Waals surface area contributed by atoms with Crippen LogP contribution >= 0.6 is 0 Å². The summed E-state index contributed by atoms with van der Waals surface area (Å²) < 4.78 is 0. The number of phenolic OH excluding ortho intramolecular Hbond substituents is 2. The number of benzene rings is 2. The number of phenols is 2. The molecule has 2 aromatic rings. The van der Waals surface area contributed by atoms with Gasteiger partial charge in [0.05, 0.1) is 17.0 Å². The van der Waals surface area contributed by atoms with Crippen LogP contribution in [0.4, 0.5) is 5.69 Å². The van der Waals surface area contributed by atoms with E-state index in [-0.39, 0.29) is 29.3 Å². The number of hydrogen-bond donors (Lipinski definition) is 2. The molecule has 0 aliphatic heterocycles. The summed E-state index contributed by atoms with van der Waals surface area (Å²) >= 11 is 0. The van der Waals surface area contributed by atoms with Crippen molar-refractivity contribution in [3.63, 3.8) is 0 Å². The van der Waals surface area contributed by atoms with Crippen LogP contribution in [0.25, 0.3) is 0 Å². The van der Waals surface area contributed by atoms with Crippen LogP contribution in [-0.2, 0) is 0 Å². The molecule has 0 saturated heterocycles. The van der Waals surface area contributed by atoms with Crippen LogP contribution in [0.5, 0.6) is 11.5 Å². The van der Waals surface area contributed by atoms with Crippen LogP contribution in [0, 0.1) is 10.1 Å². The van der Waals surface area contributed by atoms with E-state index in [4.69, 9.17) is 0 Å². The molecular formula is C20H21N3O4. The molecule has 0 aromatic heterocycles. The first-order valence-corrected chi connectivity index (χ1v) is 8.86. The van der Waals surface area contributed by atoms with Crippen LogP contribution in [0.3, 0.4) is 0 Å². The SMILES string of the molecule is O=[N+]([O-])c1ccc(O)c(C=N[C@@H]2CCCC[C@H]2N=Cc2ccccc2O)c1. The third-order valence-electron chi connectivity index (χ3n) is 4.66. The molecule has 1 fully saturated rings. The number of non-ortho nitro benzene ring substituents is 1. The van der Waals surface area contributed by atoms with E-state index in [1.54, 1.807) is 24.4 Å². The van der Waals surface area contributed by atoms with Gasteiger partial charge in [0.25, 0.3) is 5.69 Å². The Labute approximate surface area is 156 Å². The fourth-order valence-corrected chi connectivity index (χ4v) is 3.15. The predicted octanol–water partition coefficient (Wildman–Crippen LogP) is 3.86. The van der Waals surface area contributed by atoms with Crippen LogP contribution in [0.15, 0.2) is 52.4 Å². The van der Waals surface area contributed by atoms with Gasteiger partial charge in [-0.15, -0.1) is 0 Å². The molecule has 1 aliphatic carbocycles. The van der Waals surface area contributed by atoms with Gasteiger partial charge in [-0.3, -0.25) is 20.1 Å². The summed E-state index contributed by atoms with van der Waals surface area (Å²) in [6, 6.07) is 10.8. The van der Waals surface area contributed by atoms with Gasteiger partial charge in [-0.25, -0.2) is 0 Å². The summed E-state index contributed by atoms with van der Waals surface area (Å²) in [6.07, 6.45) is 6.98. The van der Waals surface area contributed by atoms with Crippen molar-refractivity contribution < 1.29 is 15.1 Å². The lowest BCUT2D eigenvalue weighted by Crippen LogP contribution is -2.27. The molecule has 1 saturated carbocycles. The maximum Gasteiger partial charge on any atom is 0.270 e. The summed E-state index contributed by atoms with van der Waals surface area (Å²) in [5.41, 5.74) is 0.882. The summed E-state index contributed by atoms with van der Waals surface area (Å²) in [5, 5.41) is 30.7. The van der Waals surface area contributed by atoms with Crippen molar-refractivity contribution in [2.24, 2.45) is 9.98 Å². The predicted molar refractivity (Wildman–Crippen MR) is 104 cm³/mol. The van der Waals surface area contributed by atoms with E-state index in [1.165, 1.54) is 24.4 Å². The standard InChI is InChI=1S/C20H21N3O4/c24-19-8-4-1-5-14(19)12-21-17-6-2-3-7-18(17)22-13-15-11-16(23(26)27)9-10-20(15)25/h1,4-5,8-13,17-18,24-25H,2-3,6-7H2/t17-,18-/m1/s1. The second kappa shape index (κ2) is 8.44. The molecule has 0 radical (unpaired) electrons. The Kier molecular flexibility index (Phi) is 5.80. The van der Waals surface area contributed by atoms with Crippen LogP contribution in [0.2, 0.25) is 0 Å². The highest BCUT2D eigenvalue weighted by Crippen LogP contribution is 2.26. The zero-order valence-electron chi connectivity index (χ0n) is 14.7. The first-order valence-electron chi connectivity index (χ1n) is 8.86. The summed E-state index contributed by atoms with van der Waals surface area (Å²) in [4.78, 5) is 19.6. The Bertz CT molecular complexity index is 879. The van der Waals surface area contributed by atoms with Gasteiger partial charge in [-0.1, -0.05) is 25.0 Å². The third-order valence-corrected chi connectivity index (χ3v) is 4.66. The Morgan fingerprint density at radius 1 is 0.926 bits per heavy atom. The van der Waals surface area contributed by atoms with Gasteiger partial charge in [0.15, 0.2) is 0 Å². The van der Waals surface area contributed by atoms with Crippen molar-refractivity contribution in [1.82, 2.24) is 0 Å². The van der Waals surface area contributed by atoms with E-state index in [2.05, 4.69) is 9.98 Å². The Balaban J connectivity index is 1.78. The lowest BCUT2D eigenvalue weighted by molar-refractivity contribution is -0.384. The van der Waals surface area contributed by atoms with Gasteiger partial charge in [0.1, 0.15) is 11.5 Å². The van der Waals surface area contributed by atoms with Gasteiger partial charge >= 0.3 is 0 Å². The van der Waals surface area contributed by atoms with Crippen LogP contribution in [0.1, 0.15) is 36.8 Å². The molecule has 7 heteroatoms. The maximum atomic E-state index is 10.9. The van der Waals surface area contributed by atoms with Crippen molar-refractivity contribution in [1.29, 1.82) is 0 Å². The van der Waals surface area contributed by atoms with E-state index in [1.807, 2.05) is 6.07 Å². The molecule has 2 N–H and O–H groups in total. The molecule has 0 bridgehead atoms. The second-order valence-electron chi connectivity index (χ2n) is 6.53. The van der Waals surface area contributed by atoms with Gasteiger partial charge in [-0.05, 0) is 31.0 Å². The van der Waals surface area contributed by atoms with Crippen molar-refractivity contribution >= 4 is 18.1 Å². The van der Waals surface area contributed by atoms with E-state index in [0.717, 1.165) is 25.7 Å². The van der Waals surface area contributed by atoms with Crippen molar-refractivity contribution in [2.45, 2.75) is 37.8 Å². The minimum atomic E-state index is -0.503. The quantitative estimate of drug-likeness (QED) is 0.475. The molecule has 140 valence electrons. The Morgan fingerprint density at radius 2 is 1.52 bits per heavy atom. The second-order valence-corrected chi connectivity index (χ2v) is 6.53. The third kappa shape index (κ3) is 4.69. The van der Waals surface area contributed by atoms with E-state index < -0.39 is 4.92 Å². The molecule has 1 aliphatic rings. The summed E-state index contributed by atoms with van der Waals surface area (Å²) in [6.45, 7) is 0. The zero-order chi connectivity index (χ0) is 19.2. The molecule has 0 spiro atoms. The average Bonchev–Trinajstić information content (AvgIpc) is 2.67. The number of nitro groups is 1. The smallest absolute Gasteiger partial charge is 0.270 e. The molecule has 0 amide bonds. The van der Waals surface area contributed by atoms with E-state index >= 15 is 0 Å². The van der Waals surface area contributed by atoms with Crippen molar-refractivity contribution in [3.8, 4) is 11.5 Å². The molecule has 2 aromatic carbocycles. The fraction of sp³-hybridized carbons (Fsp3) is 0.300. The van der Waals surface area contributed by atoms with Crippen molar-refractivity contribution in [2.75, 3.05) is 0 Å².